The summed E-state index contributed by atoms with van der Waals surface area (Å²) in [7, 11) is 3.28. The molecular weight excluding hydrogens is 636 g/mol. The van der Waals surface area contributed by atoms with E-state index >= 15 is 0 Å². The van der Waals surface area contributed by atoms with Crippen molar-refractivity contribution in [2.45, 2.75) is 38.9 Å². The Bertz CT molecular complexity index is 1770. The second-order valence-corrected chi connectivity index (χ2v) is 11.8. The van der Waals surface area contributed by atoms with Gasteiger partial charge in [0.25, 0.3) is 11.8 Å². The lowest BCUT2D eigenvalue weighted by Gasteiger charge is -2.27. The van der Waals surface area contributed by atoms with Gasteiger partial charge in [-0.15, -0.1) is 0 Å². The van der Waals surface area contributed by atoms with Crippen molar-refractivity contribution < 1.29 is 23.9 Å². The highest BCUT2D eigenvalue weighted by Gasteiger charge is 2.38. The Morgan fingerprint density at radius 1 is 0.978 bits per heavy atom. The number of nitrogens with zero attached hydrogens (tertiary/aromatic N) is 2. The number of para-hydroxylation sites is 2. The number of nitrogens with one attached hydrogen (secondary N) is 2. The Hall–Kier alpha value is -4.54. The predicted molar refractivity (Wildman–Crippen MR) is 179 cm³/mol. The average Bonchev–Trinajstić information content (AvgIpc) is 3.15. The van der Waals surface area contributed by atoms with Gasteiger partial charge in [-0.05, 0) is 73.6 Å². The van der Waals surface area contributed by atoms with Crippen molar-refractivity contribution in [3.63, 3.8) is 0 Å². The molecule has 0 radical (unpaired) electrons. The van der Waals surface area contributed by atoms with Crippen LogP contribution < -0.4 is 25.2 Å². The lowest BCUT2D eigenvalue weighted by Crippen LogP contribution is -2.56. The van der Waals surface area contributed by atoms with Crippen molar-refractivity contribution in [2.75, 3.05) is 30.5 Å². The van der Waals surface area contributed by atoms with Gasteiger partial charge in [0.15, 0.2) is 5.78 Å². The van der Waals surface area contributed by atoms with Crippen molar-refractivity contribution in [3.05, 3.63) is 100 Å². The number of hydrogen-bond donors (Lipinski definition) is 2. The van der Waals surface area contributed by atoms with Crippen LogP contribution in [0.2, 0.25) is 0 Å². The maximum absolute atomic E-state index is 14.5. The summed E-state index contributed by atoms with van der Waals surface area (Å²) in [5, 5.41) is 7.79. The zero-order chi connectivity index (χ0) is 32.2. The predicted octanol–water partition coefficient (Wildman–Crippen LogP) is 5.49. The molecule has 1 heterocycles. The van der Waals surface area contributed by atoms with E-state index in [2.05, 4.69) is 26.6 Å². The molecule has 1 aliphatic rings. The Kier molecular flexibility index (Phi) is 9.65. The summed E-state index contributed by atoms with van der Waals surface area (Å²) in [5.74, 6) is -0.557. The molecule has 9 nitrogen and oxygen atoms in total. The first-order valence-corrected chi connectivity index (χ1v) is 15.5. The molecule has 2 atom stereocenters. The molecule has 0 unspecified atom stereocenters. The second kappa shape index (κ2) is 13.6. The summed E-state index contributed by atoms with van der Waals surface area (Å²) < 4.78 is 6.68. The molecule has 0 bridgehead atoms. The van der Waals surface area contributed by atoms with Crippen LogP contribution in [-0.4, -0.2) is 56.3 Å². The second-order valence-electron chi connectivity index (χ2n) is 10.9. The van der Waals surface area contributed by atoms with Crippen LogP contribution in [0.1, 0.15) is 46.5 Å². The third-order valence-electron chi connectivity index (χ3n) is 8.15. The van der Waals surface area contributed by atoms with Gasteiger partial charge in [-0.2, -0.15) is 0 Å². The summed E-state index contributed by atoms with van der Waals surface area (Å²) >= 11 is 3.54. The monoisotopic (exact) mass is 670 g/mol. The molecule has 5 rings (SSSR count). The normalized spacial score (nSPS) is 15.3. The smallest absolute Gasteiger partial charge is 0.258 e. The number of anilines is 2. The van der Waals surface area contributed by atoms with Gasteiger partial charge in [-0.3, -0.25) is 19.2 Å². The van der Waals surface area contributed by atoms with Gasteiger partial charge < -0.3 is 25.2 Å². The van der Waals surface area contributed by atoms with E-state index in [1.165, 1.54) is 11.8 Å². The molecule has 0 aromatic heterocycles. The standard InChI is InChI=1S/C35H35BrN4O5/c1-5-28(37-3)33(42)38-29-20-40(34(43)23-12-10-22(11-13-23)21(2)41)31-9-7-6-8-30(31)39(35(29)44)19-27-26-16-15-25(36)18-24(26)14-17-32(27)45-4/h6-18,28-29,37H,5,19-20H2,1-4H3,(H,38,42)/t28-,29-/m0/s1. The topological polar surface area (TPSA) is 108 Å². The quantitative estimate of drug-likeness (QED) is 0.228. The number of methoxy groups -OCH3 is 1. The number of likely N-dealkylation sites (N-methyl/N-ethyl adjacent to an activating group) is 1. The molecule has 3 amide bonds. The zero-order valence-corrected chi connectivity index (χ0v) is 27.2. The van der Waals surface area contributed by atoms with Gasteiger partial charge in [0.1, 0.15) is 11.8 Å². The number of carbonyl (C=O) groups is 4. The average molecular weight is 672 g/mol. The zero-order valence-electron chi connectivity index (χ0n) is 25.6. The molecule has 0 spiro atoms. The van der Waals surface area contributed by atoms with Crippen molar-refractivity contribution in [1.29, 1.82) is 0 Å². The minimum absolute atomic E-state index is 0.0921. The SMILES string of the molecule is CC[C@H](NC)C(=O)N[C@H]1CN(C(=O)c2ccc(C(C)=O)cc2)c2ccccc2N(Cc2c(OC)ccc3cc(Br)ccc23)C1=O. The van der Waals surface area contributed by atoms with E-state index in [4.69, 9.17) is 4.74 Å². The molecule has 0 fully saturated rings. The minimum Gasteiger partial charge on any atom is -0.496 e. The third-order valence-corrected chi connectivity index (χ3v) is 8.65. The first-order chi connectivity index (χ1) is 21.7. The highest BCUT2D eigenvalue weighted by Crippen LogP contribution is 2.38. The van der Waals surface area contributed by atoms with Gasteiger partial charge in [-0.25, -0.2) is 0 Å². The summed E-state index contributed by atoms with van der Waals surface area (Å²) in [5.41, 5.74) is 2.67. The fourth-order valence-electron chi connectivity index (χ4n) is 5.70. The first kappa shape index (κ1) is 31.9. The van der Waals surface area contributed by atoms with E-state index in [0.29, 0.717) is 34.7 Å². The number of Topliss-reactive ketones (excluding diaryl/α,β-unsaturated/α-hetero) is 1. The Balaban J connectivity index is 1.64. The molecule has 2 N–H and O–H groups in total. The number of hydrogen-bond acceptors (Lipinski definition) is 6. The fourth-order valence-corrected chi connectivity index (χ4v) is 6.08. The number of carbonyl (C=O) groups excluding carboxylic acids is 4. The lowest BCUT2D eigenvalue weighted by atomic mass is 10.0. The molecule has 232 valence electrons. The van der Waals surface area contributed by atoms with Crippen LogP contribution in [0.5, 0.6) is 5.75 Å². The maximum atomic E-state index is 14.5. The maximum Gasteiger partial charge on any atom is 0.258 e. The van der Waals surface area contributed by atoms with E-state index in [1.54, 1.807) is 55.5 Å². The van der Waals surface area contributed by atoms with Crippen LogP contribution in [0.25, 0.3) is 10.8 Å². The Labute approximate surface area is 270 Å². The largest absolute Gasteiger partial charge is 0.496 e. The minimum atomic E-state index is -1.05. The first-order valence-electron chi connectivity index (χ1n) is 14.7. The van der Waals surface area contributed by atoms with Crippen LogP contribution in [-0.2, 0) is 16.1 Å². The van der Waals surface area contributed by atoms with Crippen molar-refractivity contribution in [1.82, 2.24) is 10.6 Å². The lowest BCUT2D eigenvalue weighted by molar-refractivity contribution is -0.128. The van der Waals surface area contributed by atoms with Gasteiger partial charge in [0.2, 0.25) is 5.91 Å². The Morgan fingerprint density at radius 2 is 1.67 bits per heavy atom. The number of ether oxygens (including phenoxy) is 1. The van der Waals surface area contributed by atoms with Gasteiger partial charge >= 0.3 is 0 Å². The Morgan fingerprint density at radius 3 is 2.31 bits per heavy atom. The number of benzene rings is 4. The fraction of sp³-hybridized carbons (Fsp3) is 0.257. The highest BCUT2D eigenvalue weighted by atomic mass is 79.9. The van der Waals surface area contributed by atoms with Crippen molar-refractivity contribution in [2.24, 2.45) is 0 Å². The van der Waals surface area contributed by atoms with E-state index in [9.17, 15) is 19.2 Å². The molecule has 10 heteroatoms. The molecular formula is C35H35BrN4O5. The molecule has 0 aliphatic carbocycles. The van der Waals surface area contributed by atoms with E-state index < -0.39 is 12.1 Å². The van der Waals surface area contributed by atoms with Gasteiger partial charge in [0, 0.05) is 21.2 Å². The summed E-state index contributed by atoms with van der Waals surface area (Å²) in [6.07, 6.45) is 0.515. The molecule has 0 saturated carbocycles. The number of fused-ring (bicyclic) bond motifs is 2. The van der Waals surface area contributed by atoms with Crippen molar-refractivity contribution in [3.8, 4) is 5.75 Å². The van der Waals surface area contributed by atoms with Crippen LogP contribution in [0.4, 0.5) is 11.4 Å². The number of halogens is 1. The van der Waals surface area contributed by atoms with Crippen LogP contribution in [0.3, 0.4) is 0 Å². The summed E-state index contributed by atoms with van der Waals surface area (Å²) in [6.45, 7) is 3.38. The van der Waals surface area contributed by atoms with E-state index in [-0.39, 0.29) is 36.6 Å². The number of ketones is 1. The van der Waals surface area contributed by atoms with Gasteiger partial charge in [-0.1, -0.05) is 59.3 Å². The highest BCUT2D eigenvalue weighted by molar-refractivity contribution is 9.10. The van der Waals surface area contributed by atoms with Crippen LogP contribution in [0.15, 0.2) is 83.3 Å². The van der Waals surface area contributed by atoms with Crippen LogP contribution in [0, 0.1) is 0 Å². The molecule has 4 aromatic carbocycles. The molecule has 1 aliphatic heterocycles. The third kappa shape index (κ3) is 6.48. The molecule has 45 heavy (non-hydrogen) atoms. The van der Waals surface area contributed by atoms with E-state index in [1.807, 2.05) is 49.4 Å². The van der Waals surface area contributed by atoms with Crippen molar-refractivity contribution >= 4 is 61.6 Å². The molecule has 0 saturated heterocycles. The van der Waals surface area contributed by atoms with Gasteiger partial charge in [0.05, 0.1) is 37.6 Å². The number of amides is 3. The van der Waals surface area contributed by atoms with Crippen LogP contribution >= 0.6 is 15.9 Å². The summed E-state index contributed by atoms with van der Waals surface area (Å²) in [6, 6.07) is 21.8. The van der Waals surface area contributed by atoms with E-state index in [0.717, 1.165) is 20.8 Å². The number of rotatable bonds is 9. The molecule has 4 aromatic rings. The summed E-state index contributed by atoms with van der Waals surface area (Å²) in [4.78, 5) is 57.0.